The summed E-state index contributed by atoms with van der Waals surface area (Å²) in [5.74, 6) is 4.37. The molecule has 0 amide bonds. The summed E-state index contributed by atoms with van der Waals surface area (Å²) in [6.45, 7) is 10.8. The van der Waals surface area contributed by atoms with E-state index in [1.165, 1.54) is 50.4 Å². The molecule has 1 heterocycles. The standard InChI is InChI=1S/C15H30N2S/c1-4-18-9-5-8-17-11-14(12(2)3)16-10-15(17)13-6-7-13/h12-16H,4-11H2,1-3H3. The SMILES string of the molecule is CCSCCCN1CC(C(C)C)NCC1C1CC1. The molecule has 1 N–H and O–H groups in total. The minimum absolute atomic E-state index is 0.707. The van der Waals surface area contributed by atoms with Gasteiger partial charge in [0.1, 0.15) is 0 Å². The van der Waals surface area contributed by atoms with Gasteiger partial charge in [0.2, 0.25) is 0 Å². The molecular formula is C15H30N2S. The molecule has 1 saturated carbocycles. The Labute approximate surface area is 117 Å². The van der Waals surface area contributed by atoms with Crippen LogP contribution in [-0.2, 0) is 0 Å². The predicted molar refractivity (Wildman–Crippen MR) is 82.3 cm³/mol. The largest absolute Gasteiger partial charge is 0.311 e. The quantitative estimate of drug-likeness (QED) is 0.716. The Morgan fingerprint density at radius 3 is 2.72 bits per heavy atom. The van der Waals surface area contributed by atoms with Crippen LogP contribution in [0.2, 0.25) is 0 Å². The van der Waals surface area contributed by atoms with Gasteiger partial charge in [-0.2, -0.15) is 11.8 Å². The Bertz CT molecular complexity index is 241. The fraction of sp³-hybridized carbons (Fsp3) is 1.00. The van der Waals surface area contributed by atoms with E-state index < -0.39 is 0 Å². The summed E-state index contributed by atoms with van der Waals surface area (Å²) < 4.78 is 0. The number of thioether (sulfide) groups is 1. The van der Waals surface area contributed by atoms with Crippen LogP contribution in [-0.4, -0.2) is 48.1 Å². The van der Waals surface area contributed by atoms with E-state index in [0.717, 1.165) is 17.9 Å². The van der Waals surface area contributed by atoms with E-state index in [9.17, 15) is 0 Å². The molecule has 0 aromatic carbocycles. The third kappa shape index (κ3) is 4.14. The summed E-state index contributed by atoms with van der Waals surface area (Å²) in [6.07, 6.45) is 4.31. The summed E-state index contributed by atoms with van der Waals surface area (Å²) in [4.78, 5) is 2.80. The lowest BCUT2D eigenvalue weighted by atomic mass is 9.97. The summed E-state index contributed by atoms with van der Waals surface area (Å²) >= 11 is 2.09. The van der Waals surface area contributed by atoms with Crippen LogP contribution in [0, 0.1) is 11.8 Å². The van der Waals surface area contributed by atoms with Crippen molar-refractivity contribution in [2.24, 2.45) is 11.8 Å². The molecule has 0 radical (unpaired) electrons. The molecule has 2 fully saturated rings. The first-order valence-electron chi connectivity index (χ1n) is 7.77. The van der Waals surface area contributed by atoms with Crippen LogP contribution in [0.25, 0.3) is 0 Å². The van der Waals surface area contributed by atoms with E-state index in [-0.39, 0.29) is 0 Å². The maximum Gasteiger partial charge on any atom is 0.0249 e. The van der Waals surface area contributed by atoms with E-state index in [0.29, 0.717) is 6.04 Å². The highest BCUT2D eigenvalue weighted by Crippen LogP contribution is 2.36. The van der Waals surface area contributed by atoms with Crippen molar-refractivity contribution in [3.63, 3.8) is 0 Å². The van der Waals surface area contributed by atoms with Crippen molar-refractivity contribution in [3.05, 3.63) is 0 Å². The second-order valence-corrected chi connectivity index (χ2v) is 7.60. The van der Waals surface area contributed by atoms with Gasteiger partial charge < -0.3 is 5.32 Å². The Balaban J connectivity index is 1.80. The lowest BCUT2D eigenvalue weighted by Crippen LogP contribution is -2.59. The molecule has 2 rings (SSSR count). The Hall–Kier alpha value is 0.270. The molecule has 18 heavy (non-hydrogen) atoms. The molecule has 106 valence electrons. The fourth-order valence-electron chi connectivity index (χ4n) is 3.02. The molecule has 2 unspecified atom stereocenters. The molecule has 1 aliphatic carbocycles. The highest BCUT2D eigenvalue weighted by molar-refractivity contribution is 7.99. The van der Waals surface area contributed by atoms with E-state index >= 15 is 0 Å². The normalized spacial score (nSPS) is 30.0. The minimum atomic E-state index is 0.707. The van der Waals surface area contributed by atoms with Crippen LogP contribution in [0.1, 0.15) is 40.0 Å². The highest BCUT2D eigenvalue weighted by atomic mass is 32.2. The van der Waals surface area contributed by atoms with Crippen molar-refractivity contribution in [1.29, 1.82) is 0 Å². The molecular weight excluding hydrogens is 240 g/mol. The van der Waals surface area contributed by atoms with Gasteiger partial charge in [0.15, 0.2) is 0 Å². The van der Waals surface area contributed by atoms with E-state index in [2.05, 4.69) is 42.7 Å². The molecule has 0 spiro atoms. The molecule has 1 saturated heterocycles. The Morgan fingerprint density at radius 2 is 2.11 bits per heavy atom. The van der Waals surface area contributed by atoms with Gasteiger partial charge in [0, 0.05) is 25.2 Å². The number of rotatable bonds is 7. The molecule has 2 atom stereocenters. The lowest BCUT2D eigenvalue weighted by Gasteiger charge is -2.42. The maximum absolute atomic E-state index is 3.77. The monoisotopic (exact) mass is 270 g/mol. The number of hydrogen-bond donors (Lipinski definition) is 1. The minimum Gasteiger partial charge on any atom is -0.311 e. The first-order chi connectivity index (χ1) is 8.72. The van der Waals surface area contributed by atoms with Gasteiger partial charge >= 0.3 is 0 Å². The van der Waals surface area contributed by atoms with Gasteiger partial charge in [-0.3, -0.25) is 4.90 Å². The van der Waals surface area contributed by atoms with Gasteiger partial charge in [0.25, 0.3) is 0 Å². The zero-order valence-corrected chi connectivity index (χ0v) is 13.1. The first kappa shape index (κ1) is 14.7. The number of nitrogens with one attached hydrogen (secondary N) is 1. The van der Waals surface area contributed by atoms with E-state index in [1.807, 2.05) is 0 Å². The second kappa shape index (κ2) is 7.16. The Morgan fingerprint density at radius 1 is 1.33 bits per heavy atom. The van der Waals surface area contributed by atoms with Gasteiger partial charge in [-0.05, 0) is 49.1 Å². The zero-order valence-electron chi connectivity index (χ0n) is 12.3. The molecule has 2 nitrogen and oxygen atoms in total. The van der Waals surface area contributed by atoms with Crippen molar-refractivity contribution in [2.75, 3.05) is 31.1 Å². The molecule has 3 heteroatoms. The number of hydrogen-bond acceptors (Lipinski definition) is 3. The molecule has 0 aromatic rings. The summed E-state index contributed by atoms with van der Waals surface area (Å²) in [5, 5.41) is 3.77. The summed E-state index contributed by atoms with van der Waals surface area (Å²) in [7, 11) is 0. The van der Waals surface area contributed by atoms with E-state index in [4.69, 9.17) is 0 Å². The first-order valence-corrected chi connectivity index (χ1v) is 8.93. The van der Waals surface area contributed by atoms with Crippen molar-refractivity contribution in [2.45, 2.75) is 52.1 Å². The third-order valence-electron chi connectivity index (χ3n) is 4.40. The van der Waals surface area contributed by atoms with Gasteiger partial charge in [0.05, 0.1) is 0 Å². The van der Waals surface area contributed by atoms with Gasteiger partial charge in [-0.15, -0.1) is 0 Å². The third-order valence-corrected chi connectivity index (χ3v) is 5.38. The summed E-state index contributed by atoms with van der Waals surface area (Å²) in [6, 6.07) is 1.55. The maximum atomic E-state index is 3.77. The van der Waals surface area contributed by atoms with Gasteiger partial charge in [-0.1, -0.05) is 20.8 Å². The van der Waals surface area contributed by atoms with Crippen molar-refractivity contribution < 1.29 is 0 Å². The molecule has 1 aliphatic heterocycles. The van der Waals surface area contributed by atoms with Crippen molar-refractivity contribution in [1.82, 2.24) is 10.2 Å². The van der Waals surface area contributed by atoms with Crippen LogP contribution in [0.15, 0.2) is 0 Å². The van der Waals surface area contributed by atoms with Crippen LogP contribution in [0.5, 0.6) is 0 Å². The average molecular weight is 270 g/mol. The number of nitrogens with zero attached hydrogens (tertiary/aromatic N) is 1. The van der Waals surface area contributed by atoms with Gasteiger partial charge in [-0.25, -0.2) is 0 Å². The van der Waals surface area contributed by atoms with Crippen LogP contribution < -0.4 is 5.32 Å². The van der Waals surface area contributed by atoms with Crippen molar-refractivity contribution in [3.8, 4) is 0 Å². The Kier molecular flexibility index (Phi) is 5.84. The second-order valence-electron chi connectivity index (χ2n) is 6.21. The average Bonchev–Trinajstić information content (AvgIpc) is 3.18. The summed E-state index contributed by atoms with van der Waals surface area (Å²) in [5.41, 5.74) is 0. The highest BCUT2D eigenvalue weighted by Gasteiger charge is 2.38. The molecule has 2 aliphatic rings. The fourth-order valence-corrected chi connectivity index (χ4v) is 3.64. The van der Waals surface area contributed by atoms with Crippen LogP contribution >= 0.6 is 11.8 Å². The number of piperazine rings is 1. The topological polar surface area (TPSA) is 15.3 Å². The van der Waals surface area contributed by atoms with Crippen molar-refractivity contribution >= 4 is 11.8 Å². The lowest BCUT2D eigenvalue weighted by molar-refractivity contribution is 0.100. The molecule has 0 aromatic heterocycles. The predicted octanol–water partition coefficient (Wildman–Crippen LogP) is 2.84. The molecule has 0 bridgehead atoms. The smallest absolute Gasteiger partial charge is 0.0249 e. The zero-order chi connectivity index (χ0) is 13.0. The van der Waals surface area contributed by atoms with Crippen LogP contribution in [0.3, 0.4) is 0 Å². The van der Waals surface area contributed by atoms with E-state index in [1.54, 1.807) is 0 Å². The van der Waals surface area contributed by atoms with Crippen LogP contribution in [0.4, 0.5) is 0 Å².